The molecule has 5 heteroatoms. The molecule has 1 aliphatic carbocycles. The molecule has 1 aliphatic heterocycles. The summed E-state index contributed by atoms with van der Waals surface area (Å²) < 4.78 is 5.53. The fourth-order valence-electron chi connectivity index (χ4n) is 2.53. The van der Waals surface area contributed by atoms with Gasteiger partial charge in [-0.05, 0) is 12.5 Å². The summed E-state index contributed by atoms with van der Waals surface area (Å²) in [4.78, 5) is 22.7. The molecule has 3 rings (SSSR count). The highest BCUT2D eigenvalue weighted by Gasteiger charge is 2.48. The lowest BCUT2D eigenvalue weighted by atomic mass is 10.0. The van der Waals surface area contributed by atoms with Crippen LogP contribution in [0.5, 0.6) is 5.75 Å². The number of carboxylic acids is 1. The maximum Gasteiger partial charge on any atom is 0.307 e. The number of carbonyl (C=O) groups excluding carboxylic acids is 1. The average molecular weight is 261 g/mol. The summed E-state index contributed by atoms with van der Waals surface area (Å²) >= 11 is 0. The third-order valence-electron chi connectivity index (χ3n) is 3.72. The first-order chi connectivity index (χ1) is 9.16. The number of hydrogen-bond acceptors (Lipinski definition) is 3. The van der Waals surface area contributed by atoms with Crippen molar-refractivity contribution in [2.75, 3.05) is 6.61 Å². The van der Waals surface area contributed by atoms with E-state index in [1.807, 2.05) is 24.3 Å². The van der Waals surface area contributed by atoms with Crippen LogP contribution >= 0.6 is 0 Å². The van der Waals surface area contributed by atoms with Crippen LogP contribution in [0, 0.1) is 11.8 Å². The Hall–Kier alpha value is -2.04. The Balaban J connectivity index is 1.68. The van der Waals surface area contributed by atoms with E-state index in [0.717, 1.165) is 11.3 Å². The minimum Gasteiger partial charge on any atom is -0.493 e. The van der Waals surface area contributed by atoms with E-state index in [1.165, 1.54) is 0 Å². The molecule has 1 aromatic carbocycles. The lowest BCUT2D eigenvalue weighted by Gasteiger charge is -2.26. The van der Waals surface area contributed by atoms with Crippen LogP contribution in [0.4, 0.5) is 0 Å². The van der Waals surface area contributed by atoms with E-state index in [2.05, 4.69) is 5.32 Å². The molecule has 5 nitrogen and oxygen atoms in total. The Morgan fingerprint density at radius 2 is 2.05 bits per heavy atom. The van der Waals surface area contributed by atoms with Gasteiger partial charge >= 0.3 is 5.97 Å². The van der Waals surface area contributed by atoms with E-state index in [0.29, 0.717) is 19.4 Å². The number of carbonyl (C=O) groups is 2. The zero-order chi connectivity index (χ0) is 13.4. The number of para-hydroxylation sites is 1. The molecule has 0 aromatic heterocycles. The van der Waals surface area contributed by atoms with Gasteiger partial charge in [0.1, 0.15) is 5.75 Å². The van der Waals surface area contributed by atoms with Crippen molar-refractivity contribution < 1.29 is 19.4 Å². The summed E-state index contributed by atoms with van der Waals surface area (Å²) in [7, 11) is 0. The van der Waals surface area contributed by atoms with E-state index in [1.54, 1.807) is 0 Å². The Labute approximate surface area is 110 Å². The molecule has 2 N–H and O–H groups in total. The first-order valence-corrected chi connectivity index (χ1v) is 6.41. The van der Waals surface area contributed by atoms with Crippen molar-refractivity contribution in [2.24, 2.45) is 11.8 Å². The predicted molar refractivity (Wildman–Crippen MR) is 66.7 cm³/mol. The Morgan fingerprint density at radius 1 is 1.26 bits per heavy atom. The van der Waals surface area contributed by atoms with E-state index >= 15 is 0 Å². The first-order valence-electron chi connectivity index (χ1n) is 6.41. The summed E-state index contributed by atoms with van der Waals surface area (Å²) in [5, 5.41) is 11.8. The summed E-state index contributed by atoms with van der Waals surface area (Å²) in [6.07, 6.45) is 1.17. The zero-order valence-corrected chi connectivity index (χ0v) is 10.3. The molecule has 0 radical (unpaired) electrons. The molecule has 1 saturated carbocycles. The molecule has 0 saturated heterocycles. The van der Waals surface area contributed by atoms with Gasteiger partial charge in [-0.25, -0.2) is 0 Å². The van der Waals surface area contributed by atoms with Gasteiger partial charge in [0.2, 0.25) is 5.91 Å². The molecule has 1 amide bonds. The van der Waals surface area contributed by atoms with Gasteiger partial charge in [-0.3, -0.25) is 9.59 Å². The molecule has 1 heterocycles. The maximum atomic E-state index is 12.0. The number of rotatable bonds is 3. The molecule has 2 aliphatic rings. The molecule has 19 heavy (non-hydrogen) atoms. The number of amides is 1. The third-order valence-corrected chi connectivity index (χ3v) is 3.72. The maximum absolute atomic E-state index is 12.0. The average Bonchev–Trinajstić information content (AvgIpc) is 3.19. The van der Waals surface area contributed by atoms with Crippen molar-refractivity contribution in [3.05, 3.63) is 29.8 Å². The molecule has 1 aromatic rings. The van der Waals surface area contributed by atoms with Gasteiger partial charge in [0.05, 0.1) is 24.5 Å². The molecule has 100 valence electrons. The topological polar surface area (TPSA) is 75.6 Å². The Kier molecular flexibility index (Phi) is 2.89. The van der Waals surface area contributed by atoms with Crippen molar-refractivity contribution in [3.63, 3.8) is 0 Å². The zero-order valence-electron chi connectivity index (χ0n) is 10.3. The minimum absolute atomic E-state index is 0.0764. The highest BCUT2D eigenvalue weighted by molar-refractivity contribution is 5.89. The first kappa shape index (κ1) is 12.0. The molecule has 0 spiro atoms. The van der Waals surface area contributed by atoms with Gasteiger partial charge in [0, 0.05) is 12.0 Å². The van der Waals surface area contributed by atoms with Gasteiger partial charge in [0.25, 0.3) is 0 Å². The second-order valence-corrected chi connectivity index (χ2v) is 5.02. The van der Waals surface area contributed by atoms with Crippen molar-refractivity contribution >= 4 is 11.9 Å². The molecular weight excluding hydrogens is 246 g/mol. The number of ether oxygens (including phenoxy) is 1. The number of hydrogen-bond donors (Lipinski definition) is 2. The standard InChI is InChI=1S/C14H15NO4/c16-13(9-7-10(9)14(17)18)15-11-5-6-19-12-4-2-1-3-8(11)12/h1-4,9-11H,5-7H2,(H,15,16)(H,17,18)/t9-,10+,11-/m0/s1. The van der Waals surface area contributed by atoms with Crippen LogP contribution < -0.4 is 10.1 Å². The minimum atomic E-state index is -0.882. The van der Waals surface area contributed by atoms with Crippen LogP contribution in [-0.2, 0) is 9.59 Å². The van der Waals surface area contributed by atoms with Gasteiger partial charge in [-0.1, -0.05) is 18.2 Å². The molecular formula is C14H15NO4. The fourth-order valence-corrected chi connectivity index (χ4v) is 2.53. The van der Waals surface area contributed by atoms with Gasteiger partial charge < -0.3 is 15.2 Å². The van der Waals surface area contributed by atoms with E-state index in [9.17, 15) is 9.59 Å². The second-order valence-electron chi connectivity index (χ2n) is 5.02. The highest BCUT2D eigenvalue weighted by atomic mass is 16.5. The number of carboxylic acid groups (broad SMARTS) is 1. The van der Waals surface area contributed by atoms with Crippen molar-refractivity contribution in [3.8, 4) is 5.75 Å². The van der Waals surface area contributed by atoms with Crippen LogP contribution in [0.25, 0.3) is 0 Å². The summed E-state index contributed by atoms with van der Waals surface area (Å²) in [6.45, 7) is 0.564. The largest absolute Gasteiger partial charge is 0.493 e. The normalized spacial score (nSPS) is 27.9. The van der Waals surface area contributed by atoms with E-state index in [-0.39, 0.29) is 17.9 Å². The Morgan fingerprint density at radius 3 is 2.79 bits per heavy atom. The van der Waals surface area contributed by atoms with Gasteiger partial charge in [-0.2, -0.15) is 0 Å². The molecule has 3 atom stereocenters. The highest BCUT2D eigenvalue weighted by Crippen LogP contribution is 2.40. The number of benzene rings is 1. The summed E-state index contributed by atoms with van der Waals surface area (Å²) in [5.74, 6) is -1.12. The van der Waals surface area contributed by atoms with Gasteiger partial charge in [0.15, 0.2) is 0 Å². The Bertz CT molecular complexity index is 528. The van der Waals surface area contributed by atoms with E-state index < -0.39 is 11.9 Å². The second kappa shape index (κ2) is 4.57. The van der Waals surface area contributed by atoms with Gasteiger partial charge in [-0.15, -0.1) is 0 Å². The summed E-state index contributed by atoms with van der Waals surface area (Å²) in [6, 6.07) is 7.53. The number of fused-ring (bicyclic) bond motifs is 1. The quantitative estimate of drug-likeness (QED) is 0.861. The smallest absolute Gasteiger partial charge is 0.307 e. The number of aliphatic carboxylic acids is 1. The van der Waals surface area contributed by atoms with Crippen LogP contribution in [0.3, 0.4) is 0 Å². The van der Waals surface area contributed by atoms with Crippen LogP contribution in [0.1, 0.15) is 24.4 Å². The third kappa shape index (κ3) is 2.28. The fraction of sp³-hybridized carbons (Fsp3) is 0.429. The van der Waals surface area contributed by atoms with Crippen molar-refractivity contribution in [1.29, 1.82) is 0 Å². The van der Waals surface area contributed by atoms with Crippen molar-refractivity contribution in [2.45, 2.75) is 18.9 Å². The lowest BCUT2D eigenvalue weighted by molar-refractivity contribution is -0.140. The monoisotopic (exact) mass is 261 g/mol. The van der Waals surface area contributed by atoms with Crippen LogP contribution in [0.2, 0.25) is 0 Å². The molecule has 1 fully saturated rings. The van der Waals surface area contributed by atoms with Crippen LogP contribution in [0.15, 0.2) is 24.3 Å². The van der Waals surface area contributed by atoms with E-state index in [4.69, 9.17) is 9.84 Å². The molecule has 0 unspecified atom stereocenters. The van der Waals surface area contributed by atoms with Crippen molar-refractivity contribution in [1.82, 2.24) is 5.32 Å². The predicted octanol–water partition coefficient (Wildman–Crippen LogP) is 1.35. The SMILES string of the molecule is O=C(N[C@H]1CCOc2ccccc21)[C@H]1C[C@H]1C(=O)O. The van der Waals surface area contributed by atoms with Crippen LogP contribution in [-0.4, -0.2) is 23.6 Å². The lowest BCUT2D eigenvalue weighted by Crippen LogP contribution is -2.33. The summed E-state index contributed by atoms with van der Waals surface area (Å²) in [5.41, 5.74) is 0.967. The number of nitrogens with one attached hydrogen (secondary N) is 1. The molecule has 0 bridgehead atoms.